The number of nitrogens with zero attached hydrogens (tertiary/aromatic N) is 2. The number of halogens is 1. The Labute approximate surface area is 93.0 Å². The van der Waals surface area contributed by atoms with Gasteiger partial charge in [-0.15, -0.1) is 0 Å². The first kappa shape index (κ1) is 10.2. The van der Waals surface area contributed by atoms with Crippen LogP contribution < -0.4 is 5.32 Å². The van der Waals surface area contributed by atoms with E-state index in [1.165, 1.54) is 6.42 Å². The zero-order valence-electron chi connectivity index (χ0n) is 8.63. The Morgan fingerprint density at radius 2 is 2.43 bits per heavy atom. The first-order valence-corrected chi connectivity index (χ1v) is 5.93. The van der Waals surface area contributed by atoms with Crippen molar-refractivity contribution in [3.8, 4) is 0 Å². The molecule has 0 radical (unpaired) electrons. The van der Waals surface area contributed by atoms with E-state index >= 15 is 0 Å². The highest BCUT2D eigenvalue weighted by Gasteiger charge is 2.19. The summed E-state index contributed by atoms with van der Waals surface area (Å²) >= 11 is 3.56. The van der Waals surface area contributed by atoms with Crippen molar-refractivity contribution in [3.05, 3.63) is 16.4 Å². The van der Waals surface area contributed by atoms with Gasteiger partial charge in [-0.25, -0.2) is 0 Å². The molecule has 1 aliphatic heterocycles. The molecule has 1 aromatic rings. The van der Waals surface area contributed by atoms with Crippen LogP contribution in [0.4, 0.5) is 0 Å². The lowest BCUT2D eigenvalue weighted by atomic mass is 10.1. The van der Waals surface area contributed by atoms with Crippen molar-refractivity contribution in [3.63, 3.8) is 0 Å². The fourth-order valence-electron chi connectivity index (χ4n) is 1.83. The second-order valence-electron chi connectivity index (χ2n) is 4.14. The summed E-state index contributed by atoms with van der Waals surface area (Å²) in [6, 6.07) is 0.541. The molecule has 1 unspecified atom stereocenters. The van der Waals surface area contributed by atoms with E-state index in [0.29, 0.717) is 12.0 Å². The summed E-state index contributed by atoms with van der Waals surface area (Å²) in [6.45, 7) is 6.50. The molecule has 1 aliphatic rings. The topological polar surface area (TPSA) is 29.9 Å². The van der Waals surface area contributed by atoms with Crippen molar-refractivity contribution >= 4 is 15.9 Å². The molecule has 14 heavy (non-hydrogen) atoms. The van der Waals surface area contributed by atoms with Crippen LogP contribution in [0.2, 0.25) is 0 Å². The maximum atomic E-state index is 4.62. The first-order chi connectivity index (χ1) is 6.68. The molecule has 0 aliphatic carbocycles. The first-order valence-electron chi connectivity index (χ1n) is 5.13. The molecule has 0 saturated carbocycles. The second kappa shape index (κ2) is 4.03. The van der Waals surface area contributed by atoms with Crippen LogP contribution in [0.15, 0.2) is 10.7 Å². The van der Waals surface area contributed by atoms with Crippen LogP contribution in [0.5, 0.6) is 0 Å². The molecule has 1 aromatic heterocycles. The molecule has 0 aromatic carbocycles. The summed E-state index contributed by atoms with van der Waals surface area (Å²) in [5.41, 5.74) is 1.16. The lowest BCUT2D eigenvalue weighted by molar-refractivity contribution is 0.483. The fourth-order valence-corrected chi connectivity index (χ4v) is 2.57. The number of nitrogens with one attached hydrogen (secondary N) is 1. The van der Waals surface area contributed by atoms with Gasteiger partial charge in [0.05, 0.1) is 16.2 Å². The molecule has 2 heterocycles. The van der Waals surface area contributed by atoms with Gasteiger partial charge in [0.15, 0.2) is 0 Å². The summed E-state index contributed by atoms with van der Waals surface area (Å²) < 4.78 is 3.23. The Hall–Kier alpha value is -0.350. The predicted octanol–water partition coefficient (Wildman–Crippen LogP) is 2.30. The normalized spacial score (nSPS) is 22.1. The molecule has 3 nitrogen and oxygen atoms in total. The highest BCUT2D eigenvalue weighted by atomic mass is 79.9. The number of hydrogen-bond donors (Lipinski definition) is 1. The number of rotatable bonds is 2. The molecule has 1 saturated heterocycles. The van der Waals surface area contributed by atoms with E-state index in [2.05, 4.69) is 51.1 Å². The van der Waals surface area contributed by atoms with Gasteiger partial charge in [0.1, 0.15) is 0 Å². The van der Waals surface area contributed by atoms with E-state index in [9.17, 15) is 0 Å². The van der Waals surface area contributed by atoms with Crippen LogP contribution in [0, 0.1) is 0 Å². The van der Waals surface area contributed by atoms with Gasteiger partial charge in [-0.05, 0) is 34.8 Å². The zero-order chi connectivity index (χ0) is 10.1. The van der Waals surface area contributed by atoms with Gasteiger partial charge in [-0.2, -0.15) is 5.10 Å². The Morgan fingerprint density at radius 3 is 2.93 bits per heavy atom. The van der Waals surface area contributed by atoms with Crippen LogP contribution >= 0.6 is 15.9 Å². The second-order valence-corrected chi connectivity index (χ2v) is 5.00. The number of hydrogen-bond acceptors (Lipinski definition) is 2. The average molecular weight is 258 g/mol. The summed E-state index contributed by atoms with van der Waals surface area (Å²) in [4.78, 5) is 0. The molecule has 0 spiro atoms. The van der Waals surface area contributed by atoms with Crippen molar-refractivity contribution in [2.75, 3.05) is 13.1 Å². The van der Waals surface area contributed by atoms with Gasteiger partial charge in [0.25, 0.3) is 0 Å². The smallest absolute Gasteiger partial charge is 0.0792 e. The van der Waals surface area contributed by atoms with Crippen LogP contribution in [-0.4, -0.2) is 22.9 Å². The lowest BCUT2D eigenvalue weighted by Gasteiger charge is -2.08. The van der Waals surface area contributed by atoms with Crippen LogP contribution in [0.25, 0.3) is 0 Å². The van der Waals surface area contributed by atoms with E-state index < -0.39 is 0 Å². The van der Waals surface area contributed by atoms with Gasteiger partial charge in [-0.3, -0.25) is 4.68 Å². The molecule has 2 rings (SSSR count). The van der Waals surface area contributed by atoms with Gasteiger partial charge in [0.2, 0.25) is 0 Å². The minimum Gasteiger partial charge on any atom is -0.315 e. The Kier molecular flexibility index (Phi) is 2.93. The lowest BCUT2D eigenvalue weighted by Crippen LogP contribution is -2.14. The predicted molar refractivity (Wildman–Crippen MR) is 60.5 cm³/mol. The summed E-state index contributed by atoms with van der Waals surface area (Å²) in [7, 11) is 0. The third-order valence-corrected chi connectivity index (χ3v) is 3.28. The van der Waals surface area contributed by atoms with Crippen LogP contribution in [0.3, 0.4) is 0 Å². The molecule has 1 fully saturated rings. The van der Waals surface area contributed by atoms with E-state index in [1.54, 1.807) is 0 Å². The van der Waals surface area contributed by atoms with Crippen molar-refractivity contribution in [2.45, 2.75) is 32.2 Å². The van der Waals surface area contributed by atoms with E-state index in [1.807, 2.05) is 0 Å². The Bertz CT molecular complexity index is 313. The van der Waals surface area contributed by atoms with Gasteiger partial charge in [0, 0.05) is 12.7 Å². The standard InChI is InChI=1S/C10H16BrN3/c1-7(2)10-9(11)6-14(13-10)8-3-4-12-5-8/h6-8,12H,3-5H2,1-2H3. The molecule has 1 N–H and O–H groups in total. The van der Waals surface area contributed by atoms with Crippen molar-refractivity contribution in [1.29, 1.82) is 0 Å². The monoisotopic (exact) mass is 257 g/mol. The van der Waals surface area contributed by atoms with Crippen molar-refractivity contribution < 1.29 is 0 Å². The van der Waals surface area contributed by atoms with Gasteiger partial charge >= 0.3 is 0 Å². The number of aromatic nitrogens is 2. The van der Waals surface area contributed by atoms with Crippen molar-refractivity contribution in [2.24, 2.45) is 0 Å². The molecule has 0 bridgehead atoms. The zero-order valence-corrected chi connectivity index (χ0v) is 10.2. The third-order valence-electron chi connectivity index (χ3n) is 2.67. The highest BCUT2D eigenvalue weighted by Crippen LogP contribution is 2.25. The summed E-state index contributed by atoms with van der Waals surface area (Å²) in [6.07, 6.45) is 3.29. The Balaban J connectivity index is 2.22. The molecule has 4 heteroatoms. The van der Waals surface area contributed by atoms with E-state index in [-0.39, 0.29) is 0 Å². The largest absolute Gasteiger partial charge is 0.315 e. The fraction of sp³-hybridized carbons (Fsp3) is 0.700. The summed E-state index contributed by atoms with van der Waals surface area (Å²) in [5.74, 6) is 0.486. The minimum atomic E-state index is 0.486. The minimum absolute atomic E-state index is 0.486. The van der Waals surface area contributed by atoms with E-state index in [0.717, 1.165) is 23.3 Å². The SMILES string of the molecule is CC(C)c1nn(C2CCNC2)cc1Br. The molecular weight excluding hydrogens is 242 g/mol. The highest BCUT2D eigenvalue weighted by molar-refractivity contribution is 9.10. The van der Waals surface area contributed by atoms with Gasteiger partial charge in [-0.1, -0.05) is 13.8 Å². The quantitative estimate of drug-likeness (QED) is 0.882. The molecule has 1 atom stereocenters. The molecule has 78 valence electrons. The van der Waals surface area contributed by atoms with E-state index in [4.69, 9.17) is 0 Å². The van der Waals surface area contributed by atoms with Gasteiger partial charge < -0.3 is 5.32 Å². The van der Waals surface area contributed by atoms with Crippen molar-refractivity contribution in [1.82, 2.24) is 15.1 Å². The van der Waals surface area contributed by atoms with Crippen LogP contribution in [0.1, 0.15) is 37.9 Å². The summed E-state index contributed by atoms with van der Waals surface area (Å²) in [5, 5.41) is 7.97. The third kappa shape index (κ3) is 1.86. The average Bonchev–Trinajstić information content (AvgIpc) is 2.70. The molecule has 0 amide bonds. The maximum absolute atomic E-state index is 4.62. The Morgan fingerprint density at radius 1 is 1.64 bits per heavy atom. The maximum Gasteiger partial charge on any atom is 0.0792 e. The van der Waals surface area contributed by atoms with Crippen LogP contribution in [-0.2, 0) is 0 Å². The molecular formula is C10H16BrN3.